The van der Waals surface area contributed by atoms with Crippen LogP contribution in [0.5, 0.6) is 0 Å². The summed E-state index contributed by atoms with van der Waals surface area (Å²) in [5.41, 5.74) is 2.38. The van der Waals surface area contributed by atoms with E-state index in [1.54, 1.807) is 0 Å². The maximum absolute atomic E-state index is 12.1. The average Bonchev–Trinajstić information content (AvgIpc) is 2.63. The van der Waals surface area contributed by atoms with Gasteiger partial charge in [0, 0.05) is 5.69 Å². The van der Waals surface area contributed by atoms with Gasteiger partial charge in [-0.15, -0.1) is 0 Å². The third kappa shape index (κ3) is 4.99. The number of anilines is 1. The number of azo groups is 1. The van der Waals surface area contributed by atoms with Crippen molar-refractivity contribution in [2.45, 2.75) is 19.3 Å². The van der Waals surface area contributed by atoms with E-state index in [2.05, 4.69) is 15.5 Å². The molecule has 0 aliphatic carbocycles. The van der Waals surface area contributed by atoms with Crippen LogP contribution in [-0.2, 0) is 4.79 Å². The predicted octanol–water partition coefficient (Wildman–Crippen LogP) is 3.11. The van der Waals surface area contributed by atoms with Gasteiger partial charge in [0.2, 0.25) is 0 Å². The van der Waals surface area contributed by atoms with Crippen molar-refractivity contribution in [3.05, 3.63) is 54.6 Å². The second-order valence-corrected chi connectivity index (χ2v) is 6.12. The van der Waals surface area contributed by atoms with E-state index in [4.69, 9.17) is 0 Å². The Morgan fingerprint density at radius 1 is 0.875 bits per heavy atom. The van der Waals surface area contributed by atoms with Crippen molar-refractivity contribution in [1.29, 1.82) is 0 Å². The van der Waals surface area contributed by atoms with Crippen LogP contribution in [0.1, 0.15) is 19.3 Å². The van der Waals surface area contributed by atoms with Gasteiger partial charge in [0.25, 0.3) is 5.91 Å². The van der Waals surface area contributed by atoms with Crippen LogP contribution in [0.25, 0.3) is 0 Å². The lowest BCUT2D eigenvalue weighted by Crippen LogP contribution is -3.13. The Balaban J connectivity index is 1.52. The zero-order valence-corrected chi connectivity index (χ0v) is 13.7. The number of hydrogen-bond donors (Lipinski definition) is 2. The number of likely N-dealkylation sites (tertiary alicyclic amines) is 1. The van der Waals surface area contributed by atoms with Crippen molar-refractivity contribution < 1.29 is 9.69 Å². The van der Waals surface area contributed by atoms with Gasteiger partial charge in [0.05, 0.1) is 24.5 Å². The molecule has 0 aromatic heterocycles. The number of quaternary nitrogens is 1. The third-order valence-electron chi connectivity index (χ3n) is 4.16. The minimum Gasteiger partial charge on any atom is -0.327 e. The summed E-state index contributed by atoms with van der Waals surface area (Å²) in [6.45, 7) is 2.76. The molecule has 0 spiro atoms. The fourth-order valence-electron chi connectivity index (χ4n) is 2.88. The molecule has 1 aliphatic rings. The van der Waals surface area contributed by atoms with Crippen LogP contribution in [0.2, 0.25) is 0 Å². The molecular formula is C19H23N4O+. The largest absolute Gasteiger partial charge is 0.327 e. The molecule has 5 nitrogen and oxygen atoms in total. The van der Waals surface area contributed by atoms with Gasteiger partial charge in [-0.2, -0.15) is 10.2 Å². The zero-order chi connectivity index (χ0) is 16.6. The Labute approximate surface area is 142 Å². The van der Waals surface area contributed by atoms with Crippen LogP contribution in [0.15, 0.2) is 64.8 Å². The Kier molecular flexibility index (Phi) is 5.69. The maximum Gasteiger partial charge on any atom is 0.279 e. The fourth-order valence-corrected chi connectivity index (χ4v) is 2.88. The first-order valence-electron chi connectivity index (χ1n) is 8.50. The highest BCUT2D eigenvalue weighted by Gasteiger charge is 2.17. The van der Waals surface area contributed by atoms with Crippen molar-refractivity contribution >= 4 is 23.0 Å². The molecule has 0 saturated carbocycles. The van der Waals surface area contributed by atoms with E-state index < -0.39 is 0 Å². The lowest BCUT2D eigenvalue weighted by Gasteiger charge is -2.22. The van der Waals surface area contributed by atoms with Gasteiger partial charge in [0.15, 0.2) is 6.54 Å². The molecule has 0 unspecified atom stereocenters. The molecule has 2 aromatic carbocycles. The molecule has 1 heterocycles. The highest BCUT2D eigenvalue weighted by atomic mass is 16.2. The summed E-state index contributed by atoms with van der Waals surface area (Å²) >= 11 is 0. The quantitative estimate of drug-likeness (QED) is 0.816. The first-order valence-corrected chi connectivity index (χ1v) is 8.50. The highest BCUT2D eigenvalue weighted by Crippen LogP contribution is 2.19. The number of amides is 1. The number of carbonyl (C=O) groups excluding carboxylic acids is 1. The van der Waals surface area contributed by atoms with Crippen molar-refractivity contribution in [1.82, 2.24) is 0 Å². The number of rotatable bonds is 5. The molecule has 124 valence electrons. The van der Waals surface area contributed by atoms with E-state index in [0.717, 1.165) is 30.2 Å². The molecule has 2 N–H and O–H groups in total. The summed E-state index contributed by atoms with van der Waals surface area (Å²) < 4.78 is 0. The summed E-state index contributed by atoms with van der Waals surface area (Å²) in [5.74, 6) is 0.0746. The molecule has 2 aromatic rings. The normalized spacial score (nSPS) is 15.5. The Morgan fingerprint density at radius 2 is 1.50 bits per heavy atom. The molecular weight excluding hydrogens is 300 g/mol. The smallest absolute Gasteiger partial charge is 0.279 e. The number of nitrogens with zero attached hydrogens (tertiary/aromatic N) is 2. The van der Waals surface area contributed by atoms with Crippen LogP contribution >= 0.6 is 0 Å². The van der Waals surface area contributed by atoms with E-state index in [1.165, 1.54) is 24.2 Å². The van der Waals surface area contributed by atoms with Crippen molar-refractivity contribution in [3.63, 3.8) is 0 Å². The second kappa shape index (κ2) is 8.36. The lowest BCUT2D eigenvalue weighted by atomic mass is 10.1. The third-order valence-corrected chi connectivity index (χ3v) is 4.16. The second-order valence-electron chi connectivity index (χ2n) is 6.12. The lowest BCUT2D eigenvalue weighted by molar-refractivity contribution is -0.896. The molecule has 24 heavy (non-hydrogen) atoms. The van der Waals surface area contributed by atoms with E-state index >= 15 is 0 Å². The van der Waals surface area contributed by atoms with E-state index in [-0.39, 0.29) is 5.91 Å². The van der Waals surface area contributed by atoms with Crippen LogP contribution in [0, 0.1) is 0 Å². The van der Waals surface area contributed by atoms with Gasteiger partial charge in [-0.3, -0.25) is 4.79 Å². The van der Waals surface area contributed by atoms with E-state index in [1.807, 2.05) is 54.6 Å². The topological polar surface area (TPSA) is 58.3 Å². The highest BCUT2D eigenvalue weighted by molar-refractivity contribution is 5.91. The number of nitrogens with one attached hydrogen (secondary N) is 2. The number of carbonyl (C=O) groups is 1. The molecule has 1 aliphatic heterocycles. The zero-order valence-electron chi connectivity index (χ0n) is 13.7. The van der Waals surface area contributed by atoms with Crippen molar-refractivity contribution in [2.24, 2.45) is 10.2 Å². The molecule has 0 radical (unpaired) electrons. The van der Waals surface area contributed by atoms with Crippen LogP contribution in [-0.4, -0.2) is 25.5 Å². The van der Waals surface area contributed by atoms with Gasteiger partial charge in [0.1, 0.15) is 0 Å². The molecule has 3 rings (SSSR count). The van der Waals surface area contributed by atoms with E-state index in [9.17, 15) is 4.79 Å². The summed E-state index contributed by atoms with van der Waals surface area (Å²) in [6.07, 6.45) is 3.75. The van der Waals surface area contributed by atoms with Crippen molar-refractivity contribution in [2.75, 3.05) is 25.0 Å². The van der Waals surface area contributed by atoms with Crippen molar-refractivity contribution in [3.8, 4) is 0 Å². The summed E-state index contributed by atoms with van der Waals surface area (Å²) in [6, 6.07) is 17.1. The fraction of sp³-hybridized carbons (Fsp3) is 0.316. The molecule has 1 saturated heterocycles. The predicted molar refractivity (Wildman–Crippen MR) is 95.1 cm³/mol. The van der Waals surface area contributed by atoms with Gasteiger partial charge < -0.3 is 10.2 Å². The molecule has 5 heteroatoms. The Morgan fingerprint density at radius 3 is 2.17 bits per heavy atom. The summed E-state index contributed by atoms with van der Waals surface area (Å²) in [5, 5.41) is 11.3. The minimum atomic E-state index is 0.0746. The first-order chi connectivity index (χ1) is 11.8. The number of hydrogen-bond acceptors (Lipinski definition) is 3. The summed E-state index contributed by atoms with van der Waals surface area (Å²) in [7, 11) is 0. The number of piperidine rings is 1. The van der Waals surface area contributed by atoms with Gasteiger partial charge in [-0.25, -0.2) is 0 Å². The Bertz CT molecular complexity index is 676. The minimum absolute atomic E-state index is 0.0746. The van der Waals surface area contributed by atoms with Gasteiger partial charge in [-0.1, -0.05) is 18.2 Å². The summed E-state index contributed by atoms with van der Waals surface area (Å²) in [4.78, 5) is 13.5. The molecule has 0 bridgehead atoms. The SMILES string of the molecule is O=C(C[NH+]1CCCCC1)Nc1ccc(N=Nc2ccccc2)cc1. The Hall–Kier alpha value is -2.53. The maximum atomic E-state index is 12.1. The van der Waals surface area contributed by atoms with Crippen LogP contribution < -0.4 is 10.2 Å². The monoisotopic (exact) mass is 323 g/mol. The molecule has 1 fully saturated rings. The average molecular weight is 323 g/mol. The molecule has 1 amide bonds. The number of benzene rings is 2. The first kappa shape index (κ1) is 16.3. The van der Waals surface area contributed by atoms with Gasteiger partial charge in [-0.05, 0) is 55.7 Å². The van der Waals surface area contributed by atoms with Gasteiger partial charge >= 0.3 is 0 Å². The van der Waals surface area contributed by atoms with Crippen LogP contribution in [0.4, 0.5) is 17.1 Å². The standard InChI is InChI=1S/C19H22N4O/c24-19(15-23-13-5-2-6-14-23)20-16-9-11-18(12-10-16)22-21-17-7-3-1-4-8-17/h1,3-4,7-12H,2,5-6,13-15H2,(H,20,24)/p+1. The molecule has 0 atom stereocenters. The van der Waals surface area contributed by atoms with Crippen LogP contribution in [0.3, 0.4) is 0 Å². The van der Waals surface area contributed by atoms with E-state index in [0.29, 0.717) is 6.54 Å².